The van der Waals surface area contributed by atoms with Gasteiger partial charge in [0.15, 0.2) is 0 Å². The molecule has 0 saturated carbocycles. The normalized spacial score (nSPS) is 10.6. The quantitative estimate of drug-likeness (QED) is 0.745. The predicted octanol–water partition coefficient (Wildman–Crippen LogP) is 3.61. The highest BCUT2D eigenvalue weighted by Gasteiger charge is 2.08. The van der Waals surface area contributed by atoms with Crippen molar-refractivity contribution in [1.29, 1.82) is 0 Å². The summed E-state index contributed by atoms with van der Waals surface area (Å²) >= 11 is 3.28. The van der Waals surface area contributed by atoms with E-state index in [1.165, 1.54) is 6.07 Å². The number of Topliss-reactive ketones (excluding diaryl/α,β-unsaturated/α-hetero) is 1. The van der Waals surface area contributed by atoms with Gasteiger partial charge in [-0.2, -0.15) is 0 Å². The Bertz CT molecular complexity index is 395. The van der Waals surface area contributed by atoms with Crippen molar-refractivity contribution in [3.63, 3.8) is 0 Å². The number of hydrogen-bond acceptors (Lipinski definition) is 2. The molecule has 1 aromatic rings. The lowest BCUT2D eigenvalue weighted by Crippen LogP contribution is -2.05. The van der Waals surface area contributed by atoms with Crippen LogP contribution in [0.1, 0.15) is 37.7 Å². The average Bonchev–Trinajstić information content (AvgIpc) is 2.33. The number of benzene rings is 1. The van der Waals surface area contributed by atoms with E-state index in [1.54, 1.807) is 12.1 Å². The smallest absolute Gasteiger partial charge is 0.137 e. The summed E-state index contributed by atoms with van der Waals surface area (Å²) in [6.07, 6.45) is 4.67. The van der Waals surface area contributed by atoms with Gasteiger partial charge in [0.2, 0.25) is 0 Å². The van der Waals surface area contributed by atoms with Gasteiger partial charge < -0.3 is 5.73 Å². The first-order valence-corrected chi connectivity index (χ1v) is 7.08. The summed E-state index contributed by atoms with van der Waals surface area (Å²) < 4.78 is 14.2. The van der Waals surface area contributed by atoms with Crippen molar-refractivity contribution in [1.82, 2.24) is 0 Å². The number of ketones is 1. The summed E-state index contributed by atoms with van der Waals surface area (Å²) in [4.78, 5) is 11.7. The fourth-order valence-corrected chi connectivity index (χ4v) is 2.21. The highest BCUT2D eigenvalue weighted by atomic mass is 79.9. The number of nitrogens with two attached hydrogens (primary N) is 1. The SMILES string of the molecule is NCCCCCCC(=O)Cc1cc(Br)ccc1F. The third kappa shape index (κ3) is 5.74. The minimum absolute atomic E-state index is 0.0970. The largest absolute Gasteiger partial charge is 0.330 e. The lowest BCUT2D eigenvalue weighted by Gasteiger charge is -2.04. The standard InChI is InChI=1S/C14H19BrFNO/c15-12-6-7-14(16)11(9-12)10-13(18)5-3-1-2-4-8-17/h6-7,9H,1-5,8,10,17H2. The van der Waals surface area contributed by atoms with Crippen LogP contribution in [0.4, 0.5) is 4.39 Å². The Morgan fingerprint density at radius 2 is 1.94 bits per heavy atom. The first-order valence-electron chi connectivity index (χ1n) is 6.29. The number of halogens is 2. The summed E-state index contributed by atoms with van der Waals surface area (Å²) in [5, 5.41) is 0. The number of rotatable bonds is 8. The Morgan fingerprint density at radius 3 is 2.67 bits per heavy atom. The Hall–Kier alpha value is -0.740. The first kappa shape index (κ1) is 15.3. The molecule has 1 rings (SSSR count). The fourth-order valence-electron chi connectivity index (χ4n) is 1.80. The van der Waals surface area contributed by atoms with Crippen LogP contribution in [0.5, 0.6) is 0 Å². The molecule has 0 aliphatic carbocycles. The number of unbranched alkanes of at least 4 members (excludes halogenated alkanes) is 3. The molecule has 0 aromatic heterocycles. The van der Waals surface area contributed by atoms with E-state index >= 15 is 0 Å². The van der Waals surface area contributed by atoms with E-state index < -0.39 is 0 Å². The summed E-state index contributed by atoms with van der Waals surface area (Å²) in [5.41, 5.74) is 5.86. The molecule has 0 aliphatic rings. The molecule has 0 spiro atoms. The van der Waals surface area contributed by atoms with E-state index in [2.05, 4.69) is 15.9 Å². The topological polar surface area (TPSA) is 43.1 Å². The van der Waals surface area contributed by atoms with E-state index in [0.717, 1.165) is 30.2 Å². The van der Waals surface area contributed by atoms with E-state index in [9.17, 15) is 9.18 Å². The molecule has 18 heavy (non-hydrogen) atoms. The zero-order valence-electron chi connectivity index (χ0n) is 10.4. The molecular weight excluding hydrogens is 297 g/mol. The molecule has 0 saturated heterocycles. The zero-order valence-corrected chi connectivity index (χ0v) is 12.0. The third-order valence-corrected chi connectivity index (χ3v) is 3.30. The van der Waals surface area contributed by atoms with Crippen LogP contribution in [0.15, 0.2) is 22.7 Å². The summed E-state index contributed by atoms with van der Waals surface area (Å²) in [6, 6.07) is 4.69. The van der Waals surface area contributed by atoms with Crippen molar-refractivity contribution in [2.75, 3.05) is 6.54 Å². The predicted molar refractivity (Wildman–Crippen MR) is 75.0 cm³/mol. The lowest BCUT2D eigenvalue weighted by molar-refractivity contribution is -0.118. The molecule has 4 heteroatoms. The third-order valence-electron chi connectivity index (χ3n) is 2.81. The molecule has 0 aliphatic heterocycles. The Kier molecular flexibility index (Phi) is 7.13. The van der Waals surface area contributed by atoms with Crippen molar-refractivity contribution < 1.29 is 9.18 Å². The minimum Gasteiger partial charge on any atom is -0.330 e. The van der Waals surface area contributed by atoms with Crippen LogP contribution in [0.3, 0.4) is 0 Å². The minimum atomic E-state index is -0.310. The van der Waals surface area contributed by atoms with Gasteiger partial charge in [0.1, 0.15) is 11.6 Å². The second-order valence-electron chi connectivity index (χ2n) is 4.40. The number of hydrogen-bond donors (Lipinski definition) is 1. The maximum Gasteiger partial charge on any atom is 0.137 e. The molecule has 2 nitrogen and oxygen atoms in total. The molecular formula is C14H19BrFNO. The second kappa shape index (κ2) is 8.38. The molecule has 100 valence electrons. The maximum absolute atomic E-state index is 13.4. The average molecular weight is 316 g/mol. The molecule has 1 aromatic carbocycles. The van der Waals surface area contributed by atoms with Crippen molar-refractivity contribution in [3.05, 3.63) is 34.1 Å². The van der Waals surface area contributed by atoms with Gasteiger partial charge in [-0.15, -0.1) is 0 Å². The lowest BCUT2D eigenvalue weighted by atomic mass is 10.0. The van der Waals surface area contributed by atoms with Gasteiger partial charge in [0.25, 0.3) is 0 Å². The summed E-state index contributed by atoms with van der Waals surface area (Å²) in [6.45, 7) is 0.706. The van der Waals surface area contributed by atoms with Crippen LogP contribution < -0.4 is 5.73 Å². The van der Waals surface area contributed by atoms with Gasteiger partial charge in [-0.25, -0.2) is 4.39 Å². The van der Waals surface area contributed by atoms with Crippen LogP contribution in [0, 0.1) is 5.82 Å². The highest BCUT2D eigenvalue weighted by molar-refractivity contribution is 9.10. The van der Waals surface area contributed by atoms with Crippen LogP contribution >= 0.6 is 15.9 Å². The Morgan fingerprint density at radius 1 is 1.22 bits per heavy atom. The highest BCUT2D eigenvalue weighted by Crippen LogP contribution is 2.17. The summed E-state index contributed by atoms with van der Waals surface area (Å²) in [7, 11) is 0. The van der Waals surface area contributed by atoms with Gasteiger partial charge >= 0.3 is 0 Å². The molecule has 0 fully saturated rings. The van der Waals surface area contributed by atoms with E-state index in [1.807, 2.05) is 0 Å². The molecule has 0 bridgehead atoms. The maximum atomic E-state index is 13.4. The Labute approximate surface area is 116 Å². The Balaban J connectivity index is 2.33. The van der Waals surface area contributed by atoms with Crippen LogP contribution in [0.25, 0.3) is 0 Å². The van der Waals surface area contributed by atoms with Gasteiger partial charge in [-0.3, -0.25) is 4.79 Å². The summed E-state index contributed by atoms with van der Waals surface area (Å²) in [5.74, 6) is -0.213. The van der Waals surface area contributed by atoms with Crippen molar-refractivity contribution >= 4 is 21.7 Å². The van der Waals surface area contributed by atoms with Crippen molar-refractivity contribution in [2.45, 2.75) is 38.5 Å². The van der Waals surface area contributed by atoms with Crippen LogP contribution in [-0.2, 0) is 11.2 Å². The second-order valence-corrected chi connectivity index (χ2v) is 5.32. The van der Waals surface area contributed by atoms with Gasteiger partial charge in [-0.05, 0) is 43.1 Å². The van der Waals surface area contributed by atoms with E-state index in [0.29, 0.717) is 18.5 Å². The van der Waals surface area contributed by atoms with Gasteiger partial charge in [0, 0.05) is 17.3 Å². The monoisotopic (exact) mass is 315 g/mol. The first-order chi connectivity index (χ1) is 8.63. The van der Waals surface area contributed by atoms with E-state index in [-0.39, 0.29) is 18.0 Å². The number of carbonyl (C=O) groups is 1. The molecule has 0 atom stereocenters. The van der Waals surface area contributed by atoms with Crippen LogP contribution in [-0.4, -0.2) is 12.3 Å². The molecule has 0 amide bonds. The number of carbonyl (C=O) groups excluding carboxylic acids is 1. The van der Waals surface area contributed by atoms with E-state index in [4.69, 9.17) is 5.73 Å². The van der Waals surface area contributed by atoms with Crippen LogP contribution in [0.2, 0.25) is 0 Å². The van der Waals surface area contributed by atoms with Gasteiger partial charge in [0.05, 0.1) is 0 Å². The van der Waals surface area contributed by atoms with Crippen molar-refractivity contribution in [3.8, 4) is 0 Å². The molecule has 0 heterocycles. The fraction of sp³-hybridized carbons (Fsp3) is 0.500. The molecule has 0 radical (unpaired) electrons. The zero-order chi connectivity index (χ0) is 13.4. The molecule has 0 unspecified atom stereocenters. The molecule has 2 N–H and O–H groups in total. The van der Waals surface area contributed by atoms with Crippen molar-refractivity contribution in [2.24, 2.45) is 5.73 Å². The van der Waals surface area contributed by atoms with Gasteiger partial charge in [-0.1, -0.05) is 28.8 Å².